The number of para-hydroxylation sites is 1. The average Bonchev–Trinajstić information content (AvgIpc) is 2.69. The molecule has 2 aromatic heterocycles. The molecular weight excluding hydrogens is 380 g/mol. The molecule has 2 heterocycles. The van der Waals surface area contributed by atoms with E-state index in [1.807, 2.05) is 19.9 Å². The van der Waals surface area contributed by atoms with Crippen LogP contribution in [0.15, 0.2) is 41.3 Å². The first-order valence-corrected chi connectivity index (χ1v) is 10.0. The average molecular weight is 409 g/mol. The Morgan fingerprint density at radius 3 is 2.57 bits per heavy atom. The minimum Gasteiger partial charge on any atom is -0.478 e. The van der Waals surface area contributed by atoms with Crippen LogP contribution in [-0.4, -0.2) is 27.0 Å². The van der Waals surface area contributed by atoms with E-state index in [9.17, 15) is 14.7 Å². The highest BCUT2D eigenvalue weighted by Crippen LogP contribution is 2.26. The number of nitrogens with one attached hydrogen (secondary N) is 2. The fraction of sp³-hybridized carbons (Fsp3) is 0.348. The first kappa shape index (κ1) is 21.4. The van der Waals surface area contributed by atoms with Crippen LogP contribution in [0.25, 0.3) is 5.65 Å². The summed E-state index contributed by atoms with van der Waals surface area (Å²) in [5.41, 5.74) is 3.46. The molecule has 3 aromatic rings. The van der Waals surface area contributed by atoms with Gasteiger partial charge in [0.1, 0.15) is 11.5 Å². The molecule has 0 radical (unpaired) electrons. The highest BCUT2D eigenvalue weighted by atomic mass is 16.4. The van der Waals surface area contributed by atoms with E-state index >= 15 is 0 Å². The number of nitrogens with zero attached hydrogens (tertiary/aromatic N) is 2. The molecule has 7 heteroatoms. The summed E-state index contributed by atoms with van der Waals surface area (Å²) in [6.45, 7) is 10.5. The van der Waals surface area contributed by atoms with Crippen molar-refractivity contribution in [3.05, 3.63) is 69.1 Å². The van der Waals surface area contributed by atoms with Gasteiger partial charge in [-0.25, -0.2) is 9.78 Å². The molecule has 0 aliphatic carbocycles. The Labute approximate surface area is 175 Å². The van der Waals surface area contributed by atoms with Crippen molar-refractivity contribution < 1.29 is 9.90 Å². The van der Waals surface area contributed by atoms with Gasteiger partial charge in [-0.15, -0.1) is 0 Å². The summed E-state index contributed by atoms with van der Waals surface area (Å²) >= 11 is 0. The maximum absolute atomic E-state index is 13.0. The van der Waals surface area contributed by atoms with Gasteiger partial charge in [-0.05, 0) is 50.5 Å². The van der Waals surface area contributed by atoms with Crippen molar-refractivity contribution in [2.45, 2.75) is 40.7 Å². The number of hydrogen-bond acceptors (Lipinski definition) is 5. The summed E-state index contributed by atoms with van der Waals surface area (Å²) in [6, 6.07) is 8.48. The lowest BCUT2D eigenvalue weighted by atomic mass is 10.1. The van der Waals surface area contributed by atoms with Crippen LogP contribution in [0.4, 0.5) is 11.5 Å². The minimum absolute atomic E-state index is 0.116. The summed E-state index contributed by atoms with van der Waals surface area (Å²) < 4.78 is 1.57. The van der Waals surface area contributed by atoms with Crippen LogP contribution in [0.2, 0.25) is 0 Å². The highest BCUT2D eigenvalue weighted by Gasteiger charge is 2.18. The number of pyridine rings is 1. The zero-order valence-corrected chi connectivity index (χ0v) is 18.0. The maximum atomic E-state index is 13.0. The molecule has 1 atom stereocenters. The van der Waals surface area contributed by atoms with Gasteiger partial charge >= 0.3 is 5.97 Å². The molecule has 0 fully saturated rings. The van der Waals surface area contributed by atoms with Crippen LogP contribution in [0, 0.1) is 19.8 Å². The monoisotopic (exact) mass is 408 g/mol. The summed E-state index contributed by atoms with van der Waals surface area (Å²) in [5.74, 6) is -0.00303. The minimum atomic E-state index is -0.996. The van der Waals surface area contributed by atoms with Gasteiger partial charge < -0.3 is 15.7 Å². The van der Waals surface area contributed by atoms with E-state index in [1.165, 1.54) is 0 Å². The van der Waals surface area contributed by atoms with E-state index in [1.54, 1.807) is 41.8 Å². The molecule has 0 aliphatic heterocycles. The van der Waals surface area contributed by atoms with Crippen LogP contribution in [0.1, 0.15) is 53.9 Å². The lowest BCUT2D eigenvalue weighted by Crippen LogP contribution is -2.24. The van der Waals surface area contributed by atoms with Gasteiger partial charge in [0.2, 0.25) is 0 Å². The van der Waals surface area contributed by atoms with E-state index < -0.39 is 5.97 Å². The summed E-state index contributed by atoms with van der Waals surface area (Å²) in [5, 5.41) is 16.0. The number of carboxylic acids is 1. The smallest absolute Gasteiger partial charge is 0.337 e. The topological polar surface area (TPSA) is 95.7 Å². The molecular formula is C23H28N4O3. The Morgan fingerprint density at radius 1 is 1.20 bits per heavy atom. The third-order valence-corrected chi connectivity index (χ3v) is 4.99. The van der Waals surface area contributed by atoms with Crippen molar-refractivity contribution in [1.82, 2.24) is 9.38 Å². The second kappa shape index (κ2) is 8.57. The Balaban J connectivity index is 2.11. The molecule has 158 valence electrons. The zero-order chi connectivity index (χ0) is 22.0. The van der Waals surface area contributed by atoms with Crippen LogP contribution >= 0.6 is 0 Å². The maximum Gasteiger partial charge on any atom is 0.337 e. The Morgan fingerprint density at radius 2 is 1.90 bits per heavy atom. The normalized spacial score (nSPS) is 12.2. The number of carbonyl (C=O) groups is 1. The molecule has 7 nitrogen and oxygen atoms in total. The number of fused-ring (bicyclic) bond motifs is 1. The number of aromatic nitrogens is 2. The molecule has 3 N–H and O–H groups in total. The van der Waals surface area contributed by atoms with E-state index in [0.29, 0.717) is 35.2 Å². The Hall–Kier alpha value is -3.35. The first-order chi connectivity index (χ1) is 14.2. The largest absolute Gasteiger partial charge is 0.478 e. The fourth-order valence-electron chi connectivity index (χ4n) is 3.39. The molecule has 0 unspecified atom stereocenters. The first-order valence-electron chi connectivity index (χ1n) is 10.0. The van der Waals surface area contributed by atoms with E-state index in [2.05, 4.69) is 24.5 Å². The number of carboxylic acid groups (broad SMARTS) is 1. The van der Waals surface area contributed by atoms with Gasteiger partial charge in [0, 0.05) is 24.0 Å². The van der Waals surface area contributed by atoms with Crippen LogP contribution < -0.4 is 16.2 Å². The molecule has 0 spiro atoms. The second-order valence-electron chi connectivity index (χ2n) is 8.05. The van der Waals surface area contributed by atoms with Crippen molar-refractivity contribution in [2.24, 2.45) is 5.92 Å². The third kappa shape index (κ3) is 4.30. The van der Waals surface area contributed by atoms with E-state index in [4.69, 9.17) is 4.98 Å². The lowest BCUT2D eigenvalue weighted by molar-refractivity contribution is 0.0698. The molecule has 0 aliphatic rings. The molecule has 0 bridgehead atoms. The molecule has 0 saturated carbocycles. The molecule has 0 amide bonds. The Bertz CT molecular complexity index is 1150. The SMILES string of the molecule is Cc1cc([C@@H](C)Nc2ccccc2C(=O)O)c2nc(NCC(C)C)c(C)c(=O)n2c1. The number of anilines is 2. The van der Waals surface area contributed by atoms with Gasteiger partial charge in [0.15, 0.2) is 0 Å². The molecule has 0 saturated heterocycles. The number of aromatic carboxylic acids is 1. The van der Waals surface area contributed by atoms with Gasteiger partial charge in [-0.3, -0.25) is 9.20 Å². The predicted molar refractivity (Wildman–Crippen MR) is 120 cm³/mol. The van der Waals surface area contributed by atoms with Crippen molar-refractivity contribution in [2.75, 3.05) is 17.2 Å². The van der Waals surface area contributed by atoms with Crippen molar-refractivity contribution in [1.29, 1.82) is 0 Å². The lowest BCUT2D eigenvalue weighted by Gasteiger charge is -2.20. The summed E-state index contributed by atoms with van der Waals surface area (Å²) in [4.78, 5) is 29.3. The van der Waals surface area contributed by atoms with Crippen molar-refractivity contribution in [3.63, 3.8) is 0 Å². The second-order valence-corrected chi connectivity index (χ2v) is 8.05. The third-order valence-electron chi connectivity index (χ3n) is 4.99. The van der Waals surface area contributed by atoms with Crippen molar-refractivity contribution >= 4 is 23.1 Å². The van der Waals surface area contributed by atoms with E-state index in [-0.39, 0.29) is 17.2 Å². The number of hydrogen-bond donors (Lipinski definition) is 3. The molecule has 30 heavy (non-hydrogen) atoms. The van der Waals surface area contributed by atoms with Gasteiger partial charge in [0.05, 0.1) is 17.2 Å². The number of aryl methyl sites for hydroxylation is 1. The summed E-state index contributed by atoms with van der Waals surface area (Å²) in [7, 11) is 0. The molecule has 3 rings (SSSR count). The van der Waals surface area contributed by atoms with Gasteiger partial charge in [-0.2, -0.15) is 0 Å². The zero-order valence-electron chi connectivity index (χ0n) is 18.0. The van der Waals surface area contributed by atoms with Crippen LogP contribution in [0.5, 0.6) is 0 Å². The van der Waals surface area contributed by atoms with Crippen LogP contribution in [-0.2, 0) is 0 Å². The number of benzene rings is 1. The highest BCUT2D eigenvalue weighted by molar-refractivity contribution is 5.94. The van der Waals surface area contributed by atoms with E-state index in [0.717, 1.165) is 11.1 Å². The summed E-state index contributed by atoms with van der Waals surface area (Å²) in [6.07, 6.45) is 1.78. The standard InChI is InChI=1S/C23H28N4O3/c1-13(2)11-24-20-15(4)22(28)27-12-14(3)10-18(21(27)26-20)16(5)25-19-9-7-6-8-17(19)23(29)30/h6-10,12-13,16,24-25H,11H2,1-5H3,(H,29,30)/t16-/m1/s1. The van der Waals surface area contributed by atoms with Crippen molar-refractivity contribution in [3.8, 4) is 0 Å². The Kier molecular flexibility index (Phi) is 6.10. The number of rotatable bonds is 7. The predicted octanol–water partition coefficient (Wildman–Crippen LogP) is 4.25. The quantitative estimate of drug-likeness (QED) is 0.541. The molecule has 1 aromatic carbocycles. The van der Waals surface area contributed by atoms with Gasteiger partial charge in [-0.1, -0.05) is 26.0 Å². The fourth-order valence-corrected chi connectivity index (χ4v) is 3.39. The van der Waals surface area contributed by atoms with Gasteiger partial charge in [0.25, 0.3) is 5.56 Å². The van der Waals surface area contributed by atoms with Crippen LogP contribution in [0.3, 0.4) is 0 Å².